The molecule has 0 amide bonds. The zero-order chi connectivity index (χ0) is 12.7. The van der Waals surface area contributed by atoms with Gasteiger partial charge in [-0.05, 0) is 24.6 Å². The van der Waals surface area contributed by atoms with Gasteiger partial charge in [-0.25, -0.2) is 14.9 Å². The smallest absolute Gasteiger partial charge is 0.312 e. The topological polar surface area (TPSA) is 96.4 Å². The van der Waals surface area contributed by atoms with E-state index in [9.17, 15) is 9.59 Å². The number of hydrogen-bond acceptors (Lipinski definition) is 5. The maximum Gasteiger partial charge on any atom is 0.344 e. The van der Waals surface area contributed by atoms with Gasteiger partial charge in [-0.1, -0.05) is 11.6 Å². The zero-order valence-electron chi connectivity index (χ0n) is 9.01. The summed E-state index contributed by atoms with van der Waals surface area (Å²) in [6.07, 6.45) is 3.19. The molecule has 1 aliphatic carbocycles. The van der Waals surface area contributed by atoms with Crippen molar-refractivity contribution in [3.8, 4) is 0 Å². The number of hydrogen-bond donors (Lipinski definition) is 2. The van der Waals surface area contributed by atoms with Crippen molar-refractivity contribution in [1.29, 1.82) is 0 Å². The third-order valence-electron chi connectivity index (χ3n) is 2.54. The second-order valence-electron chi connectivity index (χ2n) is 3.87. The van der Waals surface area contributed by atoms with Crippen LogP contribution in [0.15, 0.2) is 26.1 Å². The fourth-order valence-corrected chi connectivity index (χ4v) is 2.64. The minimum Gasteiger partial charge on any atom is -0.312 e. The van der Waals surface area contributed by atoms with Crippen LogP contribution in [0.5, 0.6) is 0 Å². The first kappa shape index (κ1) is 11.5. The Balaban J connectivity index is 2.00. The van der Waals surface area contributed by atoms with Crippen LogP contribution in [0.4, 0.5) is 0 Å². The monoisotopic (exact) mass is 285 g/mol. The lowest BCUT2D eigenvalue weighted by Gasteiger charge is -2.03. The fraction of sp³-hybridized carbons (Fsp3) is 0.333. The van der Waals surface area contributed by atoms with Crippen LogP contribution in [0.3, 0.4) is 0 Å². The van der Waals surface area contributed by atoms with Crippen LogP contribution in [0, 0.1) is 0 Å². The molecule has 2 heterocycles. The van der Waals surface area contributed by atoms with Crippen molar-refractivity contribution in [1.82, 2.24) is 24.7 Å². The van der Waals surface area contributed by atoms with Crippen molar-refractivity contribution >= 4 is 23.4 Å². The van der Waals surface area contributed by atoms with Gasteiger partial charge in [0.25, 0.3) is 5.56 Å². The lowest BCUT2D eigenvalue weighted by atomic mass is 10.6. The van der Waals surface area contributed by atoms with Crippen LogP contribution in [0.25, 0.3) is 0 Å². The molecule has 94 valence electrons. The Bertz CT molecular complexity index is 701. The van der Waals surface area contributed by atoms with Gasteiger partial charge in [0.1, 0.15) is 10.0 Å². The standard InChI is InChI=1S/C9H8ClN5O2S/c10-5-6(16)11-3-12-7(5)18-9-14-13-8(17)15(9)4-1-2-4/h3-4H,1-2H2,(H,13,17)(H,11,12,16). The molecule has 0 radical (unpaired) electrons. The predicted octanol–water partition coefficient (Wildman–Crippen LogP) is 0.794. The molecule has 2 aromatic rings. The Morgan fingerprint density at radius 2 is 2.22 bits per heavy atom. The summed E-state index contributed by atoms with van der Waals surface area (Å²) in [7, 11) is 0. The molecular weight excluding hydrogens is 278 g/mol. The van der Waals surface area contributed by atoms with Crippen molar-refractivity contribution in [2.24, 2.45) is 0 Å². The number of aromatic amines is 2. The highest BCUT2D eigenvalue weighted by atomic mass is 35.5. The Morgan fingerprint density at radius 1 is 1.44 bits per heavy atom. The Kier molecular flexibility index (Phi) is 2.75. The van der Waals surface area contributed by atoms with Crippen LogP contribution in [0.2, 0.25) is 5.02 Å². The van der Waals surface area contributed by atoms with Crippen LogP contribution in [-0.2, 0) is 0 Å². The van der Waals surface area contributed by atoms with Gasteiger partial charge in [0.05, 0.1) is 6.33 Å². The first-order valence-corrected chi connectivity index (χ1v) is 6.44. The lowest BCUT2D eigenvalue weighted by Crippen LogP contribution is -2.16. The van der Waals surface area contributed by atoms with E-state index in [2.05, 4.69) is 20.2 Å². The molecule has 0 aromatic carbocycles. The highest BCUT2D eigenvalue weighted by molar-refractivity contribution is 7.99. The van der Waals surface area contributed by atoms with E-state index in [1.807, 2.05) is 0 Å². The summed E-state index contributed by atoms with van der Waals surface area (Å²) >= 11 is 6.95. The molecule has 1 aliphatic rings. The number of nitrogens with one attached hydrogen (secondary N) is 2. The van der Waals surface area contributed by atoms with Gasteiger partial charge in [-0.15, -0.1) is 5.10 Å². The maximum absolute atomic E-state index is 11.6. The molecule has 0 saturated heterocycles. The molecule has 1 fully saturated rings. The van der Waals surface area contributed by atoms with Gasteiger partial charge in [-0.3, -0.25) is 9.36 Å². The van der Waals surface area contributed by atoms with Crippen molar-refractivity contribution in [3.05, 3.63) is 32.2 Å². The van der Waals surface area contributed by atoms with Crippen LogP contribution in [-0.4, -0.2) is 24.7 Å². The van der Waals surface area contributed by atoms with E-state index < -0.39 is 5.56 Å². The van der Waals surface area contributed by atoms with E-state index in [0.717, 1.165) is 24.6 Å². The summed E-state index contributed by atoms with van der Waals surface area (Å²) in [5, 5.41) is 7.12. The van der Waals surface area contributed by atoms with Crippen molar-refractivity contribution in [3.63, 3.8) is 0 Å². The molecule has 0 unspecified atom stereocenters. The Hall–Kier alpha value is -1.54. The second kappa shape index (κ2) is 4.29. The molecule has 7 nitrogen and oxygen atoms in total. The summed E-state index contributed by atoms with van der Waals surface area (Å²) in [5.41, 5.74) is -0.661. The normalized spacial score (nSPS) is 14.9. The van der Waals surface area contributed by atoms with Gasteiger partial charge in [0, 0.05) is 6.04 Å². The van der Waals surface area contributed by atoms with Gasteiger partial charge in [0.2, 0.25) is 0 Å². The van der Waals surface area contributed by atoms with E-state index in [0.29, 0.717) is 10.2 Å². The van der Waals surface area contributed by atoms with Gasteiger partial charge in [0.15, 0.2) is 5.16 Å². The molecule has 2 N–H and O–H groups in total. The molecule has 9 heteroatoms. The molecule has 18 heavy (non-hydrogen) atoms. The Labute approximate surface area is 110 Å². The lowest BCUT2D eigenvalue weighted by molar-refractivity contribution is 0.642. The third-order valence-corrected chi connectivity index (χ3v) is 3.97. The fourth-order valence-electron chi connectivity index (χ4n) is 1.54. The van der Waals surface area contributed by atoms with Gasteiger partial charge < -0.3 is 4.98 Å². The van der Waals surface area contributed by atoms with E-state index in [1.54, 1.807) is 4.57 Å². The summed E-state index contributed by atoms with van der Waals surface area (Å²) in [5.74, 6) is 0. The zero-order valence-corrected chi connectivity index (χ0v) is 10.6. The van der Waals surface area contributed by atoms with E-state index in [-0.39, 0.29) is 16.8 Å². The highest BCUT2D eigenvalue weighted by Gasteiger charge is 2.29. The van der Waals surface area contributed by atoms with Crippen LogP contribution in [0.1, 0.15) is 18.9 Å². The van der Waals surface area contributed by atoms with Crippen LogP contribution < -0.4 is 11.2 Å². The molecule has 1 saturated carbocycles. The van der Waals surface area contributed by atoms with E-state index in [1.165, 1.54) is 6.33 Å². The maximum atomic E-state index is 11.6. The first-order valence-electron chi connectivity index (χ1n) is 5.25. The quantitative estimate of drug-likeness (QED) is 0.813. The average molecular weight is 286 g/mol. The number of nitrogens with zero attached hydrogens (tertiary/aromatic N) is 3. The predicted molar refractivity (Wildman–Crippen MR) is 65.1 cm³/mol. The van der Waals surface area contributed by atoms with Gasteiger partial charge in [-0.2, -0.15) is 0 Å². The minimum absolute atomic E-state index is 0.000274. The summed E-state index contributed by atoms with van der Waals surface area (Å²) in [6.45, 7) is 0. The number of halogens is 1. The first-order chi connectivity index (χ1) is 8.66. The molecule has 0 bridgehead atoms. The number of H-pyrrole nitrogens is 2. The molecule has 0 aliphatic heterocycles. The van der Waals surface area contributed by atoms with Crippen molar-refractivity contribution in [2.75, 3.05) is 0 Å². The van der Waals surface area contributed by atoms with Crippen molar-refractivity contribution in [2.45, 2.75) is 29.1 Å². The largest absolute Gasteiger partial charge is 0.344 e. The summed E-state index contributed by atoms with van der Waals surface area (Å²) in [4.78, 5) is 29.2. The highest BCUT2D eigenvalue weighted by Crippen LogP contribution is 2.37. The molecule has 0 spiro atoms. The third kappa shape index (κ3) is 1.97. The average Bonchev–Trinajstić information content (AvgIpc) is 3.11. The van der Waals surface area contributed by atoms with Crippen molar-refractivity contribution < 1.29 is 0 Å². The summed E-state index contributed by atoms with van der Waals surface area (Å²) < 4.78 is 1.57. The minimum atomic E-state index is -0.412. The molecular formula is C9H8ClN5O2S. The Morgan fingerprint density at radius 3 is 2.94 bits per heavy atom. The SMILES string of the molecule is O=c1[nH]cnc(Sc2n[nH]c(=O)n2C2CC2)c1Cl. The summed E-state index contributed by atoms with van der Waals surface area (Å²) in [6, 6.07) is 0.194. The second-order valence-corrected chi connectivity index (χ2v) is 5.20. The van der Waals surface area contributed by atoms with Crippen LogP contribution >= 0.6 is 23.4 Å². The molecule has 3 rings (SSSR count). The van der Waals surface area contributed by atoms with E-state index in [4.69, 9.17) is 11.6 Å². The number of rotatable bonds is 3. The van der Waals surface area contributed by atoms with Gasteiger partial charge >= 0.3 is 5.69 Å². The molecule has 0 atom stereocenters. The van der Waals surface area contributed by atoms with E-state index >= 15 is 0 Å². The number of aromatic nitrogens is 5. The molecule has 2 aromatic heterocycles.